The number of fused-ring (bicyclic) bond motifs is 1. The van der Waals surface area contributed by atoms with Gasteiger partial charge in [-0.25, -0.2) is 4.39 Å². The molecule has 6 heteroatoms. The molecule has 1 aliphatic heterocycles. The zero-order valence-electron chi connectivity index (χ0n) is 10.7. The summed E-state index contributed by atoms with van der Waals surface area (Å²) in [6.07, 6.45) is 0.250. The van der Waals surface area contributed by atoms with Gasteiger partial charge in [-0.05, 0) is 51.8 Å². The van der Waals surface area contributed by atoms with Crippen LogP contribution in [0.5, 0.6) is 0 Å². The van der Waals surface area contributed by atoms with Crippen molar-refractivity contribution >= 4 is 39.1 Å². The molecule has 0 bridgehead atoms. The molecule has 2 aromatic rings. The number of amides is 2. The molecule has 2 amide bonds. The molecule has 0 aliphatic carbocycles. The Morgan fingerprint density at radius 2 is 2.10 bits per heavy atom. The fraction of sp³-hybridized carbons (Fsp3) is 0.0667. The zero-order valence-corrected chi connectivity index (χ0v) is 12.3. The average Bonchev–Trinajstić information content (AvgIpc) is 2.81. The largest absolute Gasteiger partial charge is 0.326 e. The zero-order chi connectivity index (χ0) is 15.0. The molecule has 0 spiro atoms. The molecular formula is C15H10BrFN2O2. The van der Waals surface area contributed by atoms with Crippen LogP contribution in [0.3, 0.4) is 0 Å². The number of para-hydroxylation sites is 1. The van der Waals surface area contributed by atoms with Gasteiger partial charge in [0.05, 0.1) is 12.1 Å². The monoisotopic (exact) mass is 348 g/mol. The molecule has 1 heterocycles. The van der Waals surface area contributed by atoms with E-state index in [2.05, 4.69) is 26.6 Å². The van der Waals surface area contributed by atoms with E-state index in [1.54, 1.807) is 30.3 Å². The van der Waals surface area contributed by atoms with E-state index in [4.69, 9.17) is 0 Å². The molecule has 3 rings (SSSR count). The lowest BCUT2D eigenvalue weighted by Crippen LogP contribution is -2.13. The Morgan fingerprint density at radius 3 is 2.86 bits per heavy atom. The number of hydrogen-bond donors (Lipinski definition) is 2. The van der Waals surface area contributed by atoms with Gasteiger partial charge in [-0.1, -0.05) is 6.07 Å². The summed E-state index contributed by atoms with van der Waals surface area (Å²) in [6, 6.07) is 9.36. The maximum absolute atomic E-state index is 13.7. The molecule has 0 radical (unpaired) electrons. The lowest BCUT2D eigenvalue weighted by atomic mass is 10.1. The first-order valence-electron chi connectivity index (χ1n) is 6.23. The first-order valence-corrected chi connectivity index (χ1v) is 7.02. The van der Waals surface area contributed by atoms with Gasteiger partial charge in [0.1, 0.15) is 5.82 Å². The summed E-state index contributed by atoms with van der Waals surface area (Å²) < 4.78 is 14.2. The number of hydrogen-bond acceptors (Lipinski definition) is 2. The molecule has 2 aromatic carbocycles. The summed E-state index contributed by atoms with van der Waals surface area (Å²) in [5, 5.41) is 5.22. The van der Waals surface area contributed by atoms with Crippen LogP contribution in [-0.2, 0) is 11.2 Å². The van der Waals surface area contributed by atoms with E-state index in [1.807, 2.05) is 0 Å². The highest BCUT2D eigenvalue weighted by Crippen LogP contribution is 2.27. The maximum Gasteiger partial charge on any atom is 0.255 e. The Bertz CT molecular complexity index is 741. The van der Waals surface area contributed by atoms with Crippen LogP contribution in [0.2, 0.25) is 0 Å². The number of anilines is 2. The van der Waals surface area contributed by atoms with Crippen LogP contribution in [0.1, 0.15) is 15.9 Å². The number of nitrogens with one attached hydrogen (secondary N) is 2. The van der Waals surface area contributed by atoms with Crippen molar-refractivity contribution in [3.8, 4) is 0 Å². The Morgan fingerprint density at radius 1 is 1.29 bits per heavy atom. The second-order valence-electron chi connectivity index (χ2n) is 4.65. The third-order valence-corrected chi connectivity index (χ3v) is 3.85. The molecule has 2 N–H and O–H groups in total. The molecule has 0 saturated carbocycles. The van der Waals surface area contributed by atoms with Crippen LogP contribution in [0.15, 0.2) is 40.9 Å². The van der Waals surface area contributed by atoms with Crippen LogP contribution in [-0.4, -0.2) is 11.8 Å². The highest BCUT2D eigenvalue weighted by Gasteiger charge is 2.19. The molecular weight excluding hydrogens is 339 g/mol. The first kappa shape index (κ1) is 13.8. The second kappa shape index (κ2) is 5.29. The van der Waals surface area contributed by atoms with Crippen LogP contribution in [0, 0.1) is 5.82 Å². The molecule has 1 aliphatic rings. The quantitative estimate of drug-likeness (QED) is 0.874. The van der Waals surface area contributed by atoms with Crippen LogP contribution in [0.25, 0.3) is 0 Å². The van der Waals surface area contributed by atoms with E-state index in [0.717, 1.165) is 5.56 Å². The Labute approximate surface area is 128 Å². The van der Waals surface area contributed by atoms with Gasteiger partial charge in [0.2, 0.25) is 5.91 Å². The van der Waals surface area contributed by atoms with Crippen molar-refractivity contribution < 1.29 is 14.0 Å². The van der Waals surface area contributed by atoms with Crippen molar-refractivity contribution in [1.29, 1.82) is 0 Å². The van der Waals surface area contributed by atoms with Crippen molar-refractivity contribution in [1.82, 2.24) is 0 Å². The normalized spacial score (nSPS) is 12.8. The van der Waals surface area contributed by atoms with Crippen LogP contribution < -0.4 is 10.6 Å². The number of halogens is 2. The predicted molar refractivity (Wildman–Crippen MR) is 80.8 cm³/mol. The first-order chi connectivity index (χ1) is 10.0. The van der Waals surface area contributed by atoms with Crippen LogP contribution in [0.4, 0.5) is 15.8 Å². The van der Waals surface area contributed by atoms with E-state index < -0.39 is 11.7 Å². The number of carbonyl (C=O) groups is 2. The minimum absolute atomic E-state index is 0.0946. The van der Waals surface area contributed by atoms with Gasteiger partial charge in [-0.15, -0.1) is 0 Å². The molecule has 106 valence electrons. The standard InChI is InChI=1S/C15H10BrFN2O2/c16-10-2-1-3-11(17)14(10)19-15(21)8-4-5-12-9(6-8)7-13(20)18-12/h1-6H,7H2,(H,18,20)(H,19,21). The van der Waals surface area contributed by atoms with E-state index in [1.165, 1.54) is 6.07 Å². The topological polar surface area (TPSA) is 58.2 Å². The fourth-order valence-electron chi connectivity index (χ4n) is 2.17. The summed E-state index contributed by atoms with van der Waals surface area (Å²) in [5.74, 6) is -1.04. The van der Waals surface area contributed by atoms with Crippen molar-refractivity contribution in [3.63, 3.8) is 0 Å². The third-order valence-electron chi connectivity index (χ3n) is 3.19. The SMILES string of the molecule is O=C1Cc2cc(C(=O)Nc3c(F)cccc3Br)ccc2N1. The number of rotatable bonds is 2. The Kier molecular flexibility index (Phi) is 3.47. The predicted octanol–water partition coefficient (Wildman–Crippen LogP) is 3.34. The van der Waals surface area contributed by atoms with E-state index in [-0.39, 0.29) is 18.0 Å². The van der Waals surface area contributed by atoms with E-state index in [0.29, 0.717) is 15.7 Å². The second-order valence-corrected chi connectivity index (χ2v) is 5.50. The highest BCUT2D eigenvalue weighted by molar-refractivity contribution is 9.10. The average molecular weight is 349 g/mol. The lowest BCUT2D eigenvalue weighted by Gasteiger charge is -2.09. The summed E-state index contributed by atoms with van der Waals surface area (Å²) >= 11 is 3.20. The minimum atomic E-state index is -0.518. The molecule has 0 fully saturated rings. The molecule has 0 unspecified atom stereocenters. The van der Waals surface area contributed by atoms with Gasteiger partial charge in [0.15, 0.2) is 0 Å². The minimum Gasteiger partial charge on any atom is -0.326 e. The highest BCUT2D eigenvalue weighted by atomic mass is 79.9. The Hall–Kier alpha value is -2.21. The molecule has 21 heavy (non-hydrogen) atoms. The molecule has 4 nitrogen and oxygen atoms in total. The summed E-state index contributed by atoms with van der Waals surface area (Å²) in [5.41, 5.74) is 1.95. The molecule has 0 atom stereocenters. The smallest absolute Gasteiger partial charge is 0.255 e. The van der Waals surface area contributed by atoms with Gasteiger partial charge in [0, 0.05) is 15.7 Å². The van der Waals surface area contributed by atoms with Gasteiger partial charge >= 0.3 is 0 Å². The maximum atomic E-state index is 13.7. The van der Waals surface area contributed by atoms with Gasteiger partial charge < -0.3 is 10.6 Å². The number of benzene rings is 2. The summed E-state index contributed by atoms with van der Waals surface area (Å²) in [7, 11) is 0. The van der Waals surface area contributed by atoms with Gasteiger partial charge in [0.25, 0.3) is 5.91 Å². The summed E-state index contributed by atoms with van der Waals surface area (Å²) in [4.78, 5) is 23.5. The van der Waals surface area contributed by atoms with E-state index in [9.17, 15) is 14.0 Å². The fourth-order valence-corrected chi connectivity index (χ4v) is 2.61. The van der Waals surface area contributed by atoms with Crippen molar-refractivity contribution in [2.45, 2.75) is 6.42 Å². The van der Waals surface area contributed by atoms with Gasteiger partial charge in [-0.3, -0.25) is 9.59 Å². The van der Waals surface area contributed by atoms with E-state index >= 15 is 0 Å². The molecule has 0 aromatic heterocycles. The van der Waals surface area contributed by atoms with Crippen molar-refractivity contribution in [2.24, 2.45) is 0 Å². The van der Waals surface area contributed by atoms with Gasteiger partial charge in [-0.2, -0.15) is 0 Å². The van der Waals surface area contributed by atoms with Crippen molar-refractivity contribution in [3.05, 3.63) is 57.8 Å². The Balaban J connectivity index is 1.87. The van der Waals surface area contributed by atoms with Crippen molar-refractivity contribution in [2.75, 3.05) is 10.6 Å². The number of carbonyl (C=O) groups excluding carboxylic acids is 2. The summed E-state index contributed by atoms with van der Waals surface area (Å²) in [6.45, 7) is 0. The van der Waals surface area contributed by atoms with Crippen LogP contribution >= 0.6 is 15.9 Å². The third kappa shape index (κ3) is 2.67. The lowest BCUT2D eigenvalue weighted by molar-refractivity contribution is -0.115. The molecule has 0 saturated heterocycles.